The predicted octanol–water partition coefficient (Wildman–Crippen LogP) is 6.26. The van der Waals surface area contributed by atoms with Gasteiger partial charge in [-0.15, -0.1) is 0 Å². The van der Waals surface area contributed by atoms with Crippen LogP contribution in [0.15, 0.2) is 23.3 Å². The summed E-state index contributed by atoms with van der Waals surface area (Å²) >= 11 is 12.0. The molecule has 0 aliphatic rings. The maximum Gasteiger partial charge on any atom is 0.259 e. The number of rotatable bonds is 16. The molecule has 0 unspecified atom stereocenters. The van der Waals surface area contributed by atoms with E-state index in [4.69, 9.17) is 23.2 Å². The van der Waals surface area contributed by atoms with E-state index in [2.05, 4.69) is 22.8 Å². The number of nitrogens with one attached hydrogen (secondary N) is 2. The standard InChI is InChI=1S/C23H35Cl2N3O2/c1-2-3-4-5-6-7-8-9-10-11-12-16-21(29)26-18-22(30)28-27-17-19-14-13-15-20(24)23(19)25/h13-15,17H,2-12,16,18H2,1H3,(H,26,29)(H,28,30)/b27-17+. The summed E-state index contributed by atoms with van der Waals surface area (Å²) in [5.41, 5.74) is 2.96. The molecular formula is C23H35Cl2N3O2. The third kappa shape index (κ3) is 12.9. The van der Waals surface area contributed by atoms with Crippen LogP contribution < -0.4 is 10.7 Å². The van der Waals surface area contributed by atoms with E-state index in [0.29, 0.717) is 22.0 Å². The van der Waals surface area contributed by atoms with Gasteiger partial charge in [0.05, 0.1) is 22.8 Å². The quantitative estimate of drug-likeness (QED) is 0.175. The van der Waals surface area contributed by atoms with Crippen molar-refractivity contribution in [2.45, 2.75) is 84.0 Å². The van der Waals surface area contributed by atoms with Gasteiger partial charge in [-0.25, -0.2) is 5.43 Å². The summed E-state index contributed by atoms with van der Waals surface area (Å²) in [6, 6.07) is 5.15. The van der Waals surface area contributed by atoms with Crippen molar-refractivity contribution in [1.29, 1.82) is 0 Å². The molecule has 1 aromatic carbocycles. The first-order valence-electron chi connectivity index (χ1n) is 11.1. The number of halogens is 2. The largest absolute Gasteiger partial charge is 0.347 e. The van der Waals surface area contributed by atoms with Crippen LogP contribution in [0.1, 0.15) is 89.5 Å². The zero-order chi connectivity index (χ0) is 22.0. The summed E-state index contributed by atoms with van der Waals surface area (Å²) in [5, 5.41) is 7.24. The van der Waals surface area contributed by atoms with E-state index in [-0.39, 0.29) is 12.5 Å². The van der Waals surface area contributed by atoms with Gasteiger partial charge < -0.3 is 5.32 Å². The fourth-order valence-corrected chi connectivity index (χ4v) is 3.41. The lowest BCUT2D eigenvalue weighted by Gasteiger charge is -2.05. The topological polar surface area (TPSA) is 70.6 Å². The van der Waals surface area contributed by atoms with Crippen LogP contribution in [-0.2, 0) is 9.59 Å². The molecule has 0 heterocycles. The average molecular weight is 456 g/mol. The highest BCUT2D eigenvalue weighted by atomic mass is 35.5. The smallest absolute Gasteiger partial charge is 0.259 e. The first kappa shape index (κ1) is 26.4. The number of hydrogen-bond acceptors (Lipinski definition) is 3. The molecule has 2 N–H and O–H groups in total. The second-order valence-corrected chi connectivity index (χ2v) is 8.28. The molecule has 0 bridgehead atoms. The summed E-state index contributed by atoms with van der Waals surface area (Å²) in [4.78, 5) is 23.6. The van der Waals surface area contributed by atoms with E-state index >= 15 is 0 Å². The van der Waals surface area contributed by atoms with Crippen molar-refractivity contribution < 1.29 is 9.59 Å². The van der Waals surface area contributed by atoms with Gasteiger partial charge in [0.1, 0.15) is 0 Å². The van der Waals surface area contributed by atoms with Crippen LogP contribution in [-0.4, -0.2) is 24.6 Å². The summed E-state index contributed by atoms with van der Waals surface area (Å²) in [7, 11) is 0. The second kappa shape index (κ2) is 17.1. The number of hydrazone groups is 1. The van der Waals surface area contributed by atoms with Gasteiger partial charge in [-0.05, 0) is 12.5 Å². The monoisotopic (exact) mass is 455 g/mol. The molecule has 0 aromatic heterocycles. The highest BCUT2D eigenvalue weighted by molar-refractivity contribution is 6.43. The van der Waals surface area contributed by atoms with Crippen molar-refractivity contribution in [2.24, 2.45) is 5.10 Å². The fourth-order valence-electron chi connectivity index (χ4n) is 3.05. The number of nitrogens with zero attached hydrogens (tertiary/aromatic N) is 1. The number of hydrogen-bond donors (Lipinski definition) is 2. The number of benzene rings is 1. The van der Waals surface area contributed by atoms with Crippen LogP contribution >= 0.6 is 23.2 Å². The molecule has 7 heteroatoms. The van der Waals surface area contributed by atoms with Crippen LogP contribution in [0.25, 0.3) is 0 Å². The molecule has 0 aliphatic carbocycles. The molecule has 0 saturated heterocycles. The highest BCUT2D eigenvalue weighted by Gasteiger charge is 2.05. The lowest BCUT2D eigenvalue weighted by Crippen LogP contribution is -2.34. The number of unbranched alkanes of at least 4 members (excludes halogenated alkanes) is 10. The summed E-state index contributed by atoms with van der Waals surface area (Å²) in [5.74, 6) is -0.500. The van der Waals surface area contributed by atoms with E-state index in [9.17, 15) is 9.59 Å². The summed E-state index contributed by atoms with van der Waals surface area (Å²) in [6.45, 7) is 2.14. The Labute approximate surface area is 191 Å². The summed E-state index contributed by atoms with van der Waals surface area (Å²) in [6.07, 6.45) is 15.5. The van der Waals surface area contributed by atoms with Crippen LogP contribution in [0, 0.1) is 0 Å². The van der Waals surface area contributed by atoms with E-state index in [1.165, 1.54) is 64.0 Å². The Morgan fingerprint density at radius 1 is 0.900 bits per heavy atom. The maximum absolute atomic E-state index is 11.8. The molecule has 30 heavy (non-hydrogen) atoms. The van der Waals surface area contributed by atoms with Crippen LogP contribution in [0.4, 0.5) is 0 Å². The average Bonchev–Trinajstić information content (AvgIpc) is 2.73. The molecular weight excluding hydrogens is 421 g/mol. The van der Waals surface area contributed by atoms with E-state index in [0.717, 1.165) is 12.8 Å². The molecule has 5 nitrogen and oxygen atoms in total. The van der Waals surface area contributed by atoms with Gasteiger partial charge in [-0.3, -0.25) is 9.59 Å². The van der Waals surface area contributed by atoms with Crippen molar-refractivity contribution >= 4 is 41.2 Å². The minimum absolute atomic E-state index is 0.0997. The third-order valence-electron chi connectivity index (χ3n) is 4.83. The Bertz CT molecular complexity index is 666. The molecule has 0 aliphatic heterocycles. The molecule has 2 amide bonds. The fraction of sp³-hybridized carbons (Fsp3) is 0.609. The van der Waals surface area contributed by atoms with Gasteiger partial charge in [0.2, 0.25) is 5.91 Å². The Balaban J connectivity index is 2.01. The minimum atomic E-state index is -0.392. The van der Waals surface area contributed by atoms with Gasteiger partial charge in [0.15, 0.2) is 0 Å². The predicted molar refractivity (Wildman–Crippen MR) is 126 cm³/mol. The van der Waals surface area contributed by atoms with Crippen molar-refractivity contribution in [1.82, 2.24) is 10.7 Å². The SMILES string of the molecule is CCCCCCCCCCCCCC(=O)NCC(=O)N/N=C/c1cccc(Cl)c1Cl. The van der Waals surface area contributed by atoms with Crippen LogP contribution in [0.5, 0.6) is 0 Å². The molecule has 0 spiro atoms. The number of carbonyl (C=O) groups is 2. The zero-order valence-corrected chi connectivity index (χ0v) is 19.5. The summed E-state index contributed by atoms with van der Waals surface area (Å²) < 4.78 is 0. The normalized spacial score (nSPS) is 11.0. The molecule has 0 radical (unpaired) electrons. The molecule has 0 fully saturated rings. The molecule has 0 saturated carbocycles. The van der Waals surface area contributed by atoms with Gasteiger partial charge in [0.25, 0.3) is 5.91 Å². The molecule has 0 atom stereocenters. The van der Waals surface area contributed by atoms with Crippen molar-refractivity contribution in [3.05, 3.63) is 33.8 Å². The molecule has 1 aromatic rings. The Kier molecular flexibility index (Phi) is 15.1. The van der Waals surface area contributed by atoms with E-state index in [1.54, 1.807) is 18.2 Å². The van der Waals surface area contributed by atoms with Gasteiger partial charge in [0, 0.05) is 12.0 Å². The van der Waals surface area contributed by atoms with Crippen molar-refractivity contribution in [3.63, 3.8) is 0 Å². The Morgan fingerprint density at radius 3 is 2.13 bits per heavy atom. The first-order chi connectivity index (χ1) is 14.5. The second-order valence-electron chi connectivity index (χ2n) is 7.50. The van der Waals surface area contributed by atoms with Crippen LogP contribution in [0.3, 0.4) is 0 Å². The first-order valence-corrected chi connectivity index (χ1v) is 11.8. The highest BCUT2D eigenvalue weighted by Crippen LogP contribution is 2.24. The Hall–Kier alpha value is -1.59. The third-order valence-corrected chi connectivity index (χ3v) is 5.66. The molecule has 168 valence electrons. The number of carbonyl (C=O) groups excluding carboxylic acids is 2. The maximum atomic E-state index is 11.8. The van der Waals surface area contributed by atoms with E-state index in [1.807, 2.05) is 0 Å². The van der Waals surface area contributed by atoms with Crippen LogP contribution in [0.2, 0.25) is 10.0 Å². The number of amides is 2. The van der Waals surface area contributed by atoms with Crippen molar-refractivity contribution in [3.8, 4) is 0 Å². The van der Waals surface area contributed by atoms with Crippen molar-refractivity contribution in [2.75, 3.05) is 6.54 Å². The lowest BCUT2D eigenvalue weighted by atomic mass is 10.1. The Morgan fingerprint density at radius 2 is 1.50 bits per heavy atom. The van der Waals surface area contributed by atoms with Gasteiger partial charge in [-0.1, -0.05) is 106 Å². The van der Waals surface area contributed by atoms with Gasteiger partial charge in [-0.2, -0.15) is 5.10 Å². The minimum Gasteiger partial charge on any atom is -0.347 e. The van der Waals surface area contributed by atoms with E-state index < -0.39 is 5.91 Å². The lowest BCUT2D eigenvalue weighted by molar-refractivity contribution is -0.126. The van der Waals surface area contributed by atoms with Gasteiger partial charge >= 0.3 is 0 Å². The zero-order valence-electron chi connectivity index (χ0n) is 18.0. The molecule has 1 rings (SSSR count).